The van der Waals surface area contributed by atoms with Gasteiger partial charge >= 0.3 is 0 Å². The Labute approximate surface area is 170 Å². The molecule has 6 nitrogen and oxygen atoms in total. The number of amidine groups is 1. The van der Waals surface area contributed by atoms with E-state index in [-0.39, 0.29) is 17.6 Å². The van der Waals surface area contributed by atoms with Gasteiger partial charge < -0.3 is 16.0 Å². The van der Waals surface area contributed by atoms with Crippen molar-refractivity contribution in [3.05, 3.63) is 76.9 Å². The summed E-state index contributed by atoms with van der Waals surface area (Å²) in [4.78, 5) is 27.6. The van der Waals surface area contributed by atoms with Crippen molar-refractivity contribution in [2.24, 2.45) is 5.73 Å². The summed E-state index contributed by atoms with van der Waals surface area (Å²) in [5.74, 6) is -0.267. The number of anilines is 1. The van der Waals surface area contributed by atoms with Crippen LogP contribution in [0.4, 0.5) is 5.69 Å². The number of nitrogen functional groups attached to an aromatic ring is 1. The first-order valence-electron chi connectivity index (χ1n) is 9.81. The number of amides is 2. The standard InChI is InChI=1S/C23H26N4O2/c1-2-27(18-7-4-3-5-8-18)23(29)20-10-6-9-19(20)22(28)26-15-16-11-13-17(14-12-16)21(24)25/h3-5,7-8,11-14H,2,6,9-10,15H2,1H3,(H3,24,25)(H,26,28). The smallest absolute Gasteiger partial charge is 0.254 e. The Hall–Kier alpha value is -3.41. The Balaban J connectivity index is 1.72. The third kappa shape index (κ3) is 4.71. The molecule has 0 atom stereocenters. The number of nitrogens with zero attached hydrogens (tertiary/aromatic N) is 1. The number of nitrogens with one attached hydrogen (secondary N) is 2. The summed E-state index contributed by atoms with van der Waals surface area (Å²) in [6.45, 7) is 2.84. The maximum atomic E-state index is 13.1. The van der Waals surface area contributed by atoms with Gasteiger partial charge in [0.25, 0.3) is 5.91 Å². The number of nitrogens with two attached hydrogens (primary N) is 1. The van der Waals surface area contributed by atoms with Crippen LogP contribution < -0.4 is 16.0 Å². The van der Waals surface area contributed by atoms with Crippen LogP contribution in [0.2, 0.25) is 0 Å². The van der Waals surface area contributed by atoms with E-state index in [1.807, 2.05) is 49.4 Å². The normalized spacial score (nSPS) is 13.3. The minimum atomic E-state index is -0.189. The highest BCUT2D eigenvalue weighted by Crippen LogP contribution is 2.29. The minimum Gasteiger partial charge on any atom is -0.384 e. The molecule has 0 aromatic heterocycles. The van der Waals surface area contributed by atoms with Gasteiger partial charge in [-0.1, -0.05) is 42.5 Å². The molecular weight excluding hydrogens is 364 g/mol. The maximum absolute atomic E-state index is 13.1. The van der Waals surface area contributed by atoms with Crippen molar-refractivity contribution in [3.8, 4) is 0 Å². The Morgan fingerprint density at radius 3 is 2.31 bits per heavy atom. The Kier molecular flexibility index (Phi) is 6.44. The average Bonchev–Trinajstić information content (AvgIpc) is 3.23. The van der Waals surface area contributed by atoms with Gasteiger partial charge in [-0.05, 0) is 43.9 Å². The third-order valence-corrected chi connectivity index (χ3v) is 5.10. The molecule has 2 amide bonds. The molecule has 150 valence electrons. The van der Waals surface area contributed by atoms with E-state index in [1.165, 1.54) is 0 Å². The van der Waals surface area contributed by atoms with Gasteiger partial charge in [0.15, 0.2) is 0 Å². The molecule has 0 aliphatic heterocycles. The molecule has 2 aromatic carbocycles. The number of carbonyl (C=O) groups excluding carboxylic acids is 2. The summed E-state index contributed by atoms with van der Waals surface area (Å²) in [5, 5.41) is 10.3. The lowest BCUT2D eigenvalue weighted by Crippen LogP contribution is -2.33. The van der Waals surface area contributed by atoms with Gasteiger partial charge in [0.1, 0.15) is 5.84 Å². The molecule has 4 N–H and O–H groups in total. The van der Waals surface area contributed by atoms with Gasteiger partial charge in [-0.2, -0.15) is 0 Å². The van der Waals surface area contributed by atoms with Gasteiger partial charge in [-0.15, -0.1) is 0 Å². The van der Waals surface area contributed by atoms with Gasteiger partial charge in [-0.3, -0.25) is 15.0 Å². The van der Waals surface area contributed by atoms with E-state index in [9.17, 15) is 9.59 Å². The first-order valence-corrected chi connectivity index (χ1v) is 9.81. The summed E-state index contributed by atoms with van der Waals surface area (Å²) in [7, 11) is 0. The van der Waals surface area contributed by atoms with Crippen molar-refractivity contribution >= 4 is 23.3 Å². The quantitative estimate of drug-likeness (QED) is 0.500. The van der Waals surface area contributed by atoms with Crippen LogP contribution in [0.25, 0.3) is 0 Å². The number of rotatable bonds is 7. The van der Waals surface area contributed by atoms with Crippen LogP contribution in [0.15, 0.2) is 65.7 Å². The van der Waals surface area contributed by atoms with Gasteiger partial charge in [0.05, 0.1) is 0 Å². The summed E-state index contributed by atoms with van der Waals surface area (Å²) >= 11 is 0. The summed E-state index contributed by atoms with van der Waals surface area (Å²) in [5.41, 5.74) is 9.06. The lowest BCUT2D eigenvalue weighted by atomic mass is 10.1. The SMILES string of the molecule is CCN(C(=O)C1=C(C(=O)NCc2ccc(C(=N)N)cc2)CCC1)c1ccccc1. The first-order chi connectivity index (χ1) is 14.0. The van der Waals surface area contributed by atoms with Crippen LogP contribution in [-0.4, -0.2) is 24.2 Å². The van der Waals surface area contributed by atoms with E-state index in [0.29, 0.717) is 42.6 Å². The Morgan fingerprint density at radius 2 is 1.69 bits per heavy atom. The van der Waals surface area contributed by atoms with Crippen LogP contribution in [-0.2, 0) is 16.1 Å². The number of para-hydroxylation sites is 1. The van der Waals surface area contributed by atoms with E-state index < -0.39 is 0 Å². The molecule has 0 unspecified atom stereocenters. The van der Waals surface area contributed by atoms with Crippen molar-refractivity contribution in [3.63, 3.8) is 0 Å². The Morgan fingerprint density at radius 1 is 1.03 bits per heavy atom. The third-order valence-electron chi connectivity index (χ3n) is 5.10. The number of carbonyl (C=O) groups is 2. The summed E-state index contributed by atoms with van der Waals surface area (Å²) in [6.07, 6.45) is 2.05. The number of benzene rings is 2. The molecule has 6 heteroatoms. The zero-order valence-electron chi connectivity index (χ0n) is 16.6. The molecule has 0 saturated heterocycles. The molecule has 0 fully saturated rings. The molecule has 29 heavy (non-hydrogen) atoms. The molecule has 0 radical (unpaired) electrons. The monoisotopic (exact) mass is 390 g/mol. The lowest BCUT2D eigenvalue weighted by molar-refractivity contribution is -0.119. The second kappa shape index (κ2) is 9.19. The molecule has 1 aliphatic carbocycles. The molecular formula is C23H26N4O2. The number of hydrogen-bond acceptors (Lipinski definition) is 3. The molecule has 3 rings (SSSR count). The highest BCUT2D eigenvalue weighted by atomic mass is 16.2. The van der Waals surface area contributed by atoms with Crippen molar-refractivity contribution in [2.75, 3.05) is 11.4 Å². The predicted octanol–water partition coefficient (Wildman–Crippen LogP) is 3.12. The average molecular weight is 390 g/mol. The zero-order chi connectivity index (χ0) is 20.8. The molecule has 0 bridgehead atoms. The van der Waals surface area contributed by atoms with Crippen molar-refractivity contribution in [1.82, 2.24) is 5.32 Å². The summed E-state index contributed by atoms with van der Waals surface area (Å²) < 4.78 is 0. The number of likely N-dealkylation sites (N-methyl/N-ethyl adjacent to an activating group) is 1. The van der Waals surface area contributed by atoms with Crippen LogP contribution in [0.1, 0.15) is 37.3 Å². The highest BCUT2D eigenvalue weighted by molar-refractivity contribution is 6.11. The molecule has 0 spiro atoms. The van der Waals surface area contributed by atoms with Crippen LogP contribution in [0.5, 0.6) is 0 Å². The van der Waals surface area contributed by atoms with Crippen LogP contribution in [0, 0.1) is 5.41 Å². The summed E-state index contributed by atoms with van der Waals surface area (Å²) in [6, 6.07) is 16.7. The van der Waals surface area contributed by atoms with E-state index in [0.717, 1.165) is 17.7 Å². The fraction of sp³-hybridized carbons (Fsp3) is 0.261. The maximum Gasteiger partial charge on any atom is 0.254 e. The van der Waals surface area contributed by atoms with Gasteiger partial charge in [-0.25, -0.2) is 0 Å². The van der Waals surface area contributed by atoms with Crippen molar-refractivity contribution < 1.29 is 9.59 Å². The second-order valence-corrected chi connectivity index (χ2v) is 6.99. The highest BCUT2D eigenvalue weighted by Gasteiger charge is 2.28. The number of hydrogen-bond donors (Lipinski definition) is 3. The van der Waals surface area contributed by atoms with Gasteiger partial charge in [0.2, 0.25) is 5.91 Å². The molecule has 1 aliphatic rings. The largest absolute Gasteiger partial charge is 0.384 e. The topological polar surface area (TPSA) is 99.3 Å². The van der Waals surface area contributed by atoms with E-state index in [4.69, 9.17) is 11.1 Å². The fourth-order valence-electron chi connectivity index (χ4n) is 3.54. The first kappa shape index (κ1) is 20.3. The predicted molar refractivity (Wildman–Crippen MR) is 115 cm³/mol. The van der Waals surface area contributed by atoms with Crippen LogP contribution >= 0.6 is 0 Å². The fourth-order valence-corrected chi connectivity index (χ4v) is 3.54. The van der Waals surface area contributed by atoms with E-state index in [1.54, 1.807) is 17.0 Å². The molecule has 0 heterocycles. The Bertz CT molecular complexity index is 933. The van der Waals surface area contributed by atoms with Crippen molar-refractivity contribution in [1.29, 1.82) is 5.41 Å². The van der Waals surface area contributed by atoms with E-state index in [2.05, 4.69) is 5.32 Å². The molecule has 2 aromatic rings. The zero-order valence-corrected chi connectivity index (χ0v) is 16.6. The van der Waals surface area contributed by atoms with Gasteiger partial charge in [0, 0.05) is 35.5 Å². The molecule has 0 saturated carbocycles. The van der Waals surface area contributed by atoms with Crippen LogP contribution in [0.3, 0.4) is 0 Å². The second-order valence-electron chi connectivity index (χ2n) is 6.99. The minimum absolute atomic E-state index is 0.0127. The lowest BCUT2D eigenvalue weighted by Gasteiger charge is -2.22. The van der Waals surface area contributed by atoms with Crippen molar-refractivity contribution in [2.45, 2.75) is 32.7 Å². The van der Waals surface area contributed by atoms with E-state index >= 15 is 0 Å².